The second-order valence-electron chi connectivity index (χ2n) is 10.5. The van der Waals surface area contributed by atoms with Crippen LogP contribution in [0.5, 0.6) is 5.75 Å². The molecule has 2 aromatic carbocycles. The standard InChI is InChI=1S/C30H33ClFN7O4.C2H6.CH5N/c1-34-30(20-2-5-27(21(12-20)14-33)43-28-6-7-39(15-25(28)32)29(41)16-40)36-19-35-22-3-4-26(24(31)13-22)38-10-8-37(9-11-38)23-17-42-18-23;2*1-2/h2-5,12-13,19,23,25,28,40H,1,6-11,15-18H2;1-2H3;2H2,1H3/t25-,28+;;/m1../s1. The highest BCUT2D eigenvalue weighted by Gasteiger charge is 2.33. The van der Waals surface area contributed by atoms with Crippen molar-refractivity contribution in [1.82, 2.24) is 9.80 Å². The Hall–Kier alpha value is -3.93. The van der Waals surface area contributed by atoms with Crippen LogP contribution in [0.15, 0.2) is 51.4 Å². The fourth-order valence-electron chi connectivity index (χ4n) is 5.32. The zero-order chi connectivity index (χ0) is 34.3. The number of hydrogen-bond donors (Lipinski definition) is 2. The lowest BCUT2D eigenvalue weighted by atomic mass is 10.0. The normalized spacial score (nSPS) is 20.3. The number of piperazine rings is 1. The van der Waals surface area contributed by atoms with Gasteiger partial charge in [0.1, 0.15) is 30.9 Å². The van der Waals surface area contributed by atoms with Gasteiger partial charge in [-0.25, -0.2) is 19.4 Å². The van der Waals surface area contributed by atoms with Gasteiger partial charge in [-0.05, 0) is 50.2 Å². The summed E-state index contributed by atoms with van der Waals surface area (Å²) < 4.78 is 25.8. The lowest BCUT2D eigenvalue weighted by Crippen LogP contribution is -2.56. The molecule has 5 rings (SSSR count). The SMILES string of the molecule is C=NC(=NC=Nc1ccc(N2CCN(C3COC3)CC2)c(Cl)c1)c1ccc(O[C@H]2CCN(C(=O)CO)C[C@H]2F)c(C#N)c1.CC.CN. The number of nitrogens with two attached hydrogens (primary N) is 1. The third kappa shape index (κ3) is 9.79. The molecule has 0 unspecified atom stereocenters. The lowest BCUT2D eigenvalue weighted by Gasteiger charge is -2.43. The van der Waals surface area contributed by atoms with Gasteiger partial charge < -0.3 is 30.1 Å². The molecule has 0 spiro atoms. The van der Waals surface area contributed by atoms with Crippen LogP contribution in [0.25, 0.3) is 0 Å². The Morgan fingerprint density at radius 1 is 1.19 bits per heavy atom. The molecule has 0 radical (unpaired) electrons. The third-order valence-corrected chi connectivity index (χ3v) is 8.17. The number of nitrogens with zero attached hydrogens (tertiary/aromatic N) is 7. The zero-order valence-corrected chi connectivity index (χ0v) is 27.9. The molecule has 2 aromatic rings. The van der Waals surface area contributed by atoms with E-state index in [1.54, 1.807) is 18.2 Å². The molecule has 0 aromatic heterocycles. The van der Waals surface area contributed by atoms with Gasteiger partial charge in [0.15, 0.2) is 12.0 Å². The first-order chi connectivity index (χ1) is 22.9. The summed E-state index contributed by atoms with van der Waals surface area (Å²) in [5.41, 5.74) is 6.78. The number of nitriles is 1. The molecule has 254 valence electrons. The molecule has 3 aliphatic heterocycles. The number of anilines is 1. The van der Waals surface area contributed by atoms with Crippen LogP contribution in [-0.4, -0.2) is 124 Å². The lowest BCUT2D eigenvalue weighted by molar-refractivity contribution is -0.138. The number of aliphatic hydroxyl groups is 1. The summed E-state index contributed by atoms with van der Waals surface area (Å²) in [5.74, 6) is -0.0745. The van der Waals surface area contributed by atoms with E-state index >= 15 is 0 Å². The van der Waals surface area contributed by atoms with E-state index in [2.05, 4.69) is 43.3 Å². The molecule has 0 saturated carbocycles. The predicted octanol–water partition coefficient (Wildman–Crippen LogP) is 3.45. The topological polar surface area (TPSA) is 152 Å². The largest absolute Gasteiger partial charge is 0.486 e. The van der Waals surface area contributed by atoms with Gasteiger partial charge in [0, 0.05) is 44.7 Å². The van der Waals surface area contributed by atoms with Crippen molar-refractivity contribution in [2.75, 3.05) is 71.0 Å². The van der Waals surface area contributed by atoms with Gasteiger partial charge in [-0.2, -0.15) is 5.26 Å². The van der Waals surface area contributed by atoms with E-state index in [9.17, 15) is 14.4 Å². The summed E-state index contributed by atoms with van der Waals surface area (Å²) >= 11 is 6.61. The van der Waals surface area contributed by atoms with Crippen molar-refractivity contribution in [3.05, 3.63) is 52.5 Å². The fourth-order valence-corrected chi connectivity index (χ4v) is 5.61. The minimum Gasteiger partial charge on any atom is -0.486 e. The number of piperidine rings is 1. The quantitative estimate of drug-likeness (QED) is 0.320. The molecular weight excluding hydrogens is 627 g/mol. The number of halogens is 2. The van der Waals surface area contributed by atoms with Crippen molar-refractivity contribution < 1.29 is 23.8 Å². The van der Waals surface area contributed by atoms with Crippen molar-refractivity contribution in [2.24, 2.45) is 20.7 Å². The number of amidine groups is 1. The zero-order valence-electron chi connectivity index (χ0n) is 27.2. The van der Waals surface area contributed by atoms with Gasteiger partial charge in [0.25, 0.3) is 0 Å². The van der Waals surface area contributed by atoms with E-state index < -0.39 is 24.8 Å². The first-order valence-electron chi connectivity index (χ1n) is 15.6. The molecule has 3 heterocycles. The Bertz CT molecular complexity index is 1440. The summed E-state index contributed by atoms with van der Waals surface area (Å²) in [6.45, 7) is 12.4. The Kier molecular flexibility index (Phi) is 15.2. The average molecular weight is 671 g/mol. The number of rotatable bonds is 8. The number of alkyl halides is 1. The number of aliphatic imine (C=N–C) groups is 3. The van der Waals surface area contributed by atoms with Crippen LogP contribution in [0.3, 0.4) is 0 Å². The second-order valence-corrected chi connectivity index (χ2v) is 10.9. The Morgan fingerprint density at radius 2 is 1.91 bits per heavy atom. The van der Waals surface area contributed by atoms with Crippen LogP contribution in [0.2, 0.25) is 5.02 Å². The van der Waals surface area contributed by atoms with E-state index in [1.807, 2.05) is 26.0 Å². The molecular formula is C33H44ClFN8O4. The summed E-state index contributed by atoms with van der Waals surface area (Å²) in [6, 6.07) is 13.0. The average Bonchev–Trinajstić information content (AvgIpc) is 3.09. The highest BCUT2D eigenvalue weighted by atomic mass is 35.5. The van der Waals surface area contributed by atoms with Gasteiger partial charge >= 0.3 is 0 Å². The number of aliphatic hydroxyl groups excluding tert-OH is 1. The van der Waals surface area contributed by atoms with E-state index in [0.29, 0.717) is 22.3 Å². The Balaban J connectivity index is 0.00000144. The fraction of sp³-hybridized carbons (Fsp3) is 0.485. The van der Waals surface area contributed by atoms with Gasteiger partial charge in [0.05, 0.1) is 47.8 Å². The maximum atomic E-state index is 14.7. The maximum Gasteiger partial charge on any atom is 0.248 e. The van der Waals surface area contributed by atoms with Gasteiger partial charge in [-0.15, -0.1) is 0 Å². The first kappa shape index (κ1) is 37.5. The van der Waals surface area contributed by atoms with Crippen molar-refractivity contribution in [1.29, 1.82) is 5.26 Å². The number of carbonyl (C=O) groups is 1. The minimum absolute atomic E-state index is 0.177. The van der Waals surface area contributed by atoms with Crippen LogP contribution in [-0.2, 0) is 9.53 Å². The van der Waals surface area contributed by atoms with Crippen LogP contribution >= 0.6 is 11.6 Å². The number of benzene rings is 2. The number of likely N-dealkylation sites (tertiary alicyclic amines) is 1. The Labute approximate surface area is 280 Å². The third-order valence-electron chi connectivity index (χ3n) is 7.87. The van der Waals surface area contributed by atoms with E-state index in [-0.39, 0.29) is 36.7 Å². The van der Waals surface area contributed by atoms with Crippen LogP contribution < -0.4 is 15.4 Å². The Morgan fingerprint density at radius 3 is 2.49 bits per heavy atom. The van der Waals surface area contributed by atoms with Gasteiger partial charge in [-0.1, -0.05) is 25.4 Å². The van der Waals surface area contributed by atoms with Crippen molar-refractivity contribution >= 4 is 47.8 Å². The van der Waals surface area contributed by atoms with Crippen LogP contribution in [0.1, 0.15) is 31.4 Å². The molecule has 0 aliphatic carbocycles. The highest BCUT2D eigenvalue weighted by molar-refractivity contribution is 6.33. The maximum absolute atomic E-state index is 14.7. The molecule has 1 amide bonds. The van der Waals surface area contributed by atoms with Crippen LogP contribution in [0, 0.1) is 11.3 Å². The molecule has 0 bridgehead atoms. The van der Waals surface area contributed by atoms with Gasteiger partial charge in [0.2, 0.25) is 5.91 Å². The number of ether oxygens (including phenoxy) is 2. The molecule has 3 saturated heterocycles. The summed E-state index contributed by atoms with van der Waals surface area (Å²) in [4.78, 5) is 30.3. The number of amides is 1. The predicted molar refractivity (Wildman–Crippen MR) is 184 cm³/mol. The highest BCUT2D eigenvalue weighted by Crippen LogP contribution is 2.31. The molecule has 47 heavy (non-hydrogen) atoms. The summed E-state index contributed by atoms with van der Waals surface area (Å²) in [7, 11) is 1.50. The van der Waals surface area contributed by atoms with E-state index in [4.69, 9.17) is 26.2 Å². The molecule has 14 heteroatoms. The number of carbonyl (C=O) groups excluding carboxylic acids is 1. The van der Waals surface area contributed by atoms with Crippen molar-refractivity contribution in [2.45, 2.75) is 38.6 Å². The summed E-state index contributed by atoms with van der Waals surface area (Å²) in [6.07, 6.45) is -0.711. The van der Waals surface area contributed by atoms with Gasteiger partial charge in [-0.3, -0.25) is 9.69 Å². The van der Waals surface area contributed by atoms with Crippen molar-refractivity contribution in [3.8, 4) is 11.8 Å². The minimum atomic E-state index is -1.46. The van der Waals surface area contributed by atoms with E-state index in [0.717, 1.165) is 45.1 Å². The molecule has 3 aliphatic rings. The molecule has 2 atom stereocenters. The van der Waals surface area contributed by atoms with Crippen molar-refractivity contribution in [3.63, 3.8) is 0 Å². The number of hydrogen-bond acceptors (Lipinski definition) is 9. The smallest absolute Gasteiger partial charge is 0.248 e. The monoisotopic (exact) mass is 670 g/mol. The summed E-state index contributed by atoms with van der Waals surface area (Å²) in [5, 5.41) is 19.3. The molecule has 3 N–H and O–H groups in total. The van der Waals surface area contributed by atoms with E-state index in [1.165, 1.54) is 24.4 Å². The molecule has 12 nitrogen and oxygen atoms in total. The first-order valence-corrected chi connectivity index (χ1v) is 16.0. The molecule has 3 fully saturated rings. The second kappa shape index (κ2) is 19.0. The van der Waals surface area contributed by atoms with Crippen LogP contribution in [0.4, 0.5) is 15.8 Å².